The van der Waals surface area contributed by atoms with Gasteiger partial charge in [0.15, 0.2) is 5.96 Å². The van der Waals surface area contributed by atoms with Crippen LogP contribution in [0.3, 0.4) is 0 Å². The molecule has 12 N–H and O–H groups in total. The minimum Gasteiger partial charge on any atom is -0.388 e. The number of primary amides is 1. The van der Waals surface area contributed by atoms with Gasteiger partial charge in [-0.25, -0.2) is 4.79 Å². The van der Waals surface area contributed by atoms with E-state index in [0.29, 0.717) is 19.4 Å². The van der Waals surface area contributed by atoms with Crippen molar-refractivity contribution in [2.45, 2.75) is 75.7 Å². The predicted octanol–water partition coefficient (Wildman–Crippen LogP) is 0.227. The summed E-state index contributed by atoms with van der Waals surface area (Å²) in [5, 5.41) is 26.1. The van der Waals surface area contributed by atoms with E-state index >= 15 is 0 Å². The summed E-state index contributed by atoms with van der Waals surface area (Å²) in [5.41, 5.74) is 17.0. The number of urea groups is 1. The van der Waals surface area contributed by atoms with Crippen LogP contribution < -0.4 is 43.8 Å². The number of nitrogens with zero attached hydrogens (tertiary/aromatic N) is 1. The van der Waals surface area contributed by atoms with Crippen molar-refractivity contribution in [3.8, 4) is 0 Å². The van der Waals surface area contributed by atoms with Crippen molar-refractivity contribution >= 4 is 57.4 Å². The molecule has 0 spiro atoms. The molecule has 1 aromatic carbocycles. The van der Waals surface area contributed by atoms with E-state index in [-0.39, 0.29) is 17.3 Å². The maximum Gasteiger partial charge on any atom is 0.315 e. The molecule has 0 saturated heterocycles. The second-order valence-electron chi connectivity index (χ2n) is 10.4. The smallest absolute Gasteiger partial charge is 0.315 e. The monoisotopic (exact) mass is 683 g/mol. The van der Waals surface area contributed by atoms with Crippen molar-refractivity contribution in [1.82, 2.24) is 26.6 Å². The highest BCUT2D eigenvalue weighted by molar-refractivity contribution is 9.10. The number of benzene rings is 1. The maximum absolute atomic E-state index is 13.4. The lowest BCUT2D eigenvalue weighted by molar-refractivity contribution is -0.132. The van der Waals surface area contributed by atoms with Gasteiger partial charge in [0, 0.05) is 17.2 Å². The number of guanidine groups is 1. The summed E-state index contributed by atoms with van der Waals surface area (Å²) in [4.78, 5) is 55.2. The van der Waals surface area contributed by atoms with Crippen LogP contribution in [0.1, 0.15) is 51.6 Å². The number of amides is 5. The summed E-state index contributed by atoms with van der Waals surface area (Å²) in [5.74, 6) is -2.57. The third-order valence-electron chi connectivity index (χ3n) is 6.56. The molecule has 1 heterocycles. The normalized spacial score (nSPS) is 17.5. The minimum absolute atomic E-state index is 0.0588. The van der Waals surface area contributed by atoms with E-state index in [2.05, 4.69) is 47.5 Å². The maximum atomic E-state index is 13.4. The number of aliphatic hydroxyl groups excluding tert-OH is 1. The Labute approximate surface area is 263 Å². The molecule has 2 rings (SSSR count). The molecular formula is C27H42BrN9O5S. The average molecular weight is 685 g/mol. The molecule has 0 saturated carbocycles. The molecule has 0 aliphatic carbocycles. The highest BCUT2D eigenvalue weighted by Gasteiger charge is 2.34. The fraction of sp³-hybridized carbons (Fsp3) is 0.519. The third-order valence-corrected chi connectivity index (χ3v) is 8.09. The number of aliphatic imine (C=N–C) groups is 1. The van der Waals surface area contributed by atoms with Crippen molar-refractivity contribution < 1.29 is 24.3 Å². The molecule has 16 heteroatoms. The lowest BCUT2D eigenvalue weighted by atomic mass is 9.99. The molecule has 43 heavy (non-hydrogen) atoms. The van der Waals surface area contributed by atoms with Gasteiger partial charge in [0.05, 0.1) is 18.5 Å². The van der Waals surface area contributed by atoms with Gasteiger partial charge in [0.1, 0.15) is 23.6 Å². The summed E-state index contributed by atoms with van der Waals surface area (Å²) in [6, 6.07) is 3.14. The molecule has 5 amide bonds. The molecule has 0 radical (unpaired) electrons. The number of rotatable bonds is 16. The lowest BCUT2D eigenvalue weighted by Gasteiger charge is -2.31. The summed E-state index contributed by atoms with van der Waals surface area (Å²) < 4.78 is 0.882. The first-order chi connectivity index (χ1) is 20.3. The molecule has 1 aromatic rings. The van der Waals surface area contributed by atoms with Gasteiger partial charge in [0.2, 0.25) is 17.7 Å². The van der Waals surface area contributed by atoms with E-state index in [4.69, 9.17) is 17.2 Å². The quantitative estimate of drug-likeness (QED) is 0.0657. The number of aliphatic hydroxyl groups is 1. The van der Waals surface area contributed by atoms with Crippen LogP contribution in [-0.2, 0) is 14.4 Å². The Bertz CT molecular complexity index is 1160. The number of carbonyl (C=O) groups excluding carboxylic acids is 4. The number of nitrogens with one attached hydrogen (secondary N) is 5. The first kappa shape index (κ1) is 35.7. The van der Waals surface area contributed by atoms with Gasteiger partial charge in [-0.05, 0) is 48.8 Å². The Kier molecular flexibility index (Phi) is 14.6. The third kappa shape index (κ3) is 12.3. The van der Waals surface area contributed by atoms with Crippen molar-refractivity contribution in [2.75, 3.05) is 6.54 Å². The van der Waals surface area contributed by atoms with Crippen molar-refractivity contribution in [3.05, 3.63) is 45.9 Å². The minimum atomic E-state index is -1.34. The Morgan fingerprint density at radius 3 is 2.26 bits per heavy atom. The van der Waals surface area contributed by atoms with Gasteiger partial charge in [-0.3, -0.25) is 19.4 Å². The molecule has 14 nitrogen and oxygen atoms in total. The highest BCUT2D eigenvalue weighted by atomic mass is 79.9. The van der Waals surface area contributed by atoms with Crippen LogP contribution in [0.4, 0.5) is 4.79 Å². The number of hydrogen-bond acceptors (Lipinski definition) is 8. The number of hydrogen-bond donors (Lipinski definition) is 9. The van der Waals surface area contributed by atoms with Crippen LogP contribution in [0, 0.1) is 5.92 Å². The van der Waals surface area contributed by atoms with E-state index in [0.717, 1.165) is 10.0 Å². The molecule has 0 bridgehead atoms. The lowest BCUT2D eigenvalue weighted by Crippen LogP contribution is -2.59. The zero-order chi connectivity index (χ0) is 32.1. The Balaban J connectivity index is 2.10. The fourth-order valence-corrected chi connectivity index (χ4v) is 5.34. The molecule has 5 unspecified atom stereocenters. The van der Waals surface area contributed by atoms with E-state index in [1.165, 1.54) is 11.8 Å². The average Bonchev–Trinajstić information content (AvgIpc) is 3.47. The van der Waals surface area contributed by atoms with Gasteiger partial charge in [-0.1, -0.05) is 41.9 Å². The zero-order valence-electron chi connectivity index (χ0n) is 24.4. The van der Waals surface area contributed by atoms with Gasteiger partial charge in [-0.15, -0.1) is 11.8 Å². The topological polar surface area (TPSA) is 239 Å². The second kappa shape index (κ2) is 17.6. The van der Waals surface area contributed by atoms with E-state index < -0.39 is 60.4 Å². The zero-order valence-corrected chi connectivity index (χ0v) is 26.8. The molecule has 238 valence electrons. The second-order valence-corrected chi connectivity index (χ2v) is 12.4. The fourth-order valence-electron chi connectivity index (χ4n) is 4.24. The van der Waals surface area contributed by atoms with Crippen LogP contribution in [0.2, 0.25) is 0 Å². The van der Waals surface area contributed by atoms with E-state index in [9.17, 15) is 24.3 Å². The van der Waals surface area contributed by atoms with Gasteiger partial charge in [0.25, 0.3) is 0 Å². The SMILES string of the molecule is CC(C)C(NC(=O)C(CC(N)=O)NC(=O)N[C@H](C)c1ccc(Br)cc1)C(=O)NC(CCCN=C(N)N)C(O)C1NC=CS1. The Morgan fingerprint density at radius 2 is 1.70 bits per heavy atom. The Hall–Kier alpha value is -3.50. The number of carbonyl (C=O) groups is 4. The van der Waals surface area contributed by atoms with Crippen molar-refractivity contribution in [2.24, 2.45) is 28.1 Å². The van der Waals surface area contributed by atoms with E-state index in [1.54, 1.807) is 32.4 Å². The van der Waals surface area contributed by atoms with Gasteiger partial charge >= 0.3 is 6.03 Å². The molecule has 0 fully saturated rings. The standard InChI is InChI=1S/C27H42BrN9O5S/c1-14(2)21(24(41)35-18(5-4-10-33-26(30)31)22(39)25-32-11-12-43-25)37-23(40)19(13-20(29)38)36-27(42)34-15(3)16-6-8-17(28)9-7-16/h6-9,11-12,14-15,18-19,21-22,25,32,39H,4-5,10,13H2,1-3H3,(H2,29,38)(H,35,41)(H,37,40)(H4,30,31,33)(H2,34,36,42)/t15-,18?,19?,21?,22?,25?/m1/s1. The number of thioether (sulfide) groups is 1. The predicted molar refractivity (Wildman–Crippen MR) is 170 cm³/mol. The summed E-state index contributed by atoms with van der Waals surface area (Å²) in [6.07, 6.45) is 1.07. The molecule has 1 aliphatic heterocycles. The molecule has 6 atom stereocenters. The van der Waals surface area contributed by atoms with E-state index in [1.807, 2.05) is 24.3 Å². The van der Waals surface area contributed by atoms with Crippen LogP contribution in [0.25, 0.3) is 0 Å². The first-order valence-corrected chi connectivity index (χ1v) is 15.5. The van der Waals surface area contributed by atoms with Gasteiger partial charge in [-0.2, -0.15) is 0 Å². The van der Waals surface area contributed by atoms with Crippen molar-refractivity contribution in [3.63, 3.8) is 0 Å². The Morgan fingerprint density at radius 1 is 1.02 bits per heavy atom. The van der Waals surface area contributed by atoms with Crippen LogP contribution >= 0.6 is 27.7 Å². The summed E-state index contributed by atoms with van der Waals surface area (Å²) in [6.45, 7) is 5.54. The number of halogens is 1. The highest BCUT2D eigenvalue weighted by Crippen LogP contribution is 2.22. The molecule has 1 aliphatic rings. The van der Waals surface area contributed by atoms with Crippen LogP contribution in [0.5, 0.6) is 0 Å². The number of nitrogens with two attached hydrogens (primary N) is 3. The van der Waals surface area contributed by atoms with Crippen LogP contribution in [-0.4, -0.2) is 71.0 Å². The summed E-state index contributed by atoms with van der Waals surface area (Å²) in [7, 11) is 0. The summed E-state index contributed by atoms with van der Waals surface area (Å²) >= 11 is 4.73. The van der Waals surface area contributed by atoms with Crippen molar-refractivity contribution in [1.29, 1.82) is 0 Å². The molecule has 0 aromatic heterocycles. The van der Waals surface area contributed by atoms with Crippen LogP contribution in [0.15, 0.2) is 45.3 Å². The largest absolute Gasteiger partial charge is 0.388 e. The first-order valence-electron chi connectivity index (χ1n) is 13.8. The molecular weight excluding hydrogens is 642 g/mol. The van der Waals surface area contributed by atoms with Gasteiger partial charge < -0.3 is 48.9 Å².